The number of tetrazole rings is 1. The van der Waals surface area contributed by atoms with Gasteiger partial charge in [-0.1, -0.05) is 0 Å². The van der Waals surface area contributed by atoms with E-state index < -0.39 is 4.92 Å². The molecule has 2 heterocycles. The van der Waals surface area contributed by atoms with E-state index in [1.54, 1.807) is 24.3 Å². The Hall–Kier alpha value is -3.76. The third-order valence-corrected chi connectivity index (χ3v) is 2.96. The maximum absolute atomic E-state index is 11.2. The van der Waals surface area contributed by atoms with Gasteiger partial charge >= 0.3 is 0 Å². The molecule has 11 heteroatoms. The van der Waals surface area contributed by atoms with E-state index in [0.29, 0.717) is 22.8 Å². The summed E-state index contributed by atoms with van der Waals surface area (Å²) in [7, 11) is 1.44. The van der Waals surface area contributed by atoms with Crippen LogP contribution in [0.1, 0.15) is 5.76 Å². The summed E-state index contributed by atoms with van der Waals surface area (Å²) < 4.78 is 10.5. The van der Waals surface area contributed by atoms with E-state index in [4.69, 9.17) is 9.15 Å². The van der Waals surface area contributed by atoms with Gasteiger partial charge in [0.2, 0.25) is 0 Å². The van der Waals surface area contributed by atoms with Gasteiger partial charge in [-0.25, -0.2) is 5.10 Å². The molecule has 0 amide bonds. The minimum absolute atomic E-state index is 0.0730. The molecule has 0 atom stereocenters. The monoisotopic (exact) mass is 328 g/mol. The number of aromatic nitrogens is 4. The number of benzene rings is 1. The van der Waals surface area contributed by atoms with E-state index in [1.807, 2.05) is 0 Å². The molecule has 122 valence electrons. The molecule has 0 aliphatic rings. The summed E-state index contributed by atoms with van der Waals surface area (Å²) in [4.78, 5) is 10.7. The van der Waals surface area contributed by atoms with Gasteiger partial charge in [-0.3, -0.25) is 31.0 Å². The van der Waals surface area contributed by atoms with E-state index in [9.17, 15) is 10.1 Å². The van der Waals surface area contributed by atoms with Gasteiger partial charge < -0.3 is 9.15 Å². The average molecular weight is 328 g/mol. The van der Waals surface area contributed by atoms with Crippen LogP contribution in [0, 0.1) is 10.1 Å². The molecule has 24 heavy (non-hydrogen) atoms. The van der Waals surface area contributed by atoms with Gasteiger partial charge in [0.15, 0.2) is 0 Å². The Morgan fingerprint density at radius 2 is 2.29 bits per heavy atom. The highest BCUT2D eigenvalue weighted by Crippen LogP contribution is 2.33. The number of H-pyrrole nitrogens is 1. The molecule has 3 aromatic rings. The van der Waals surface area contributed by atoms with Crippen molar-refractivity contribution in [1.82, 2.24) is 20.6 Å². The molecular formula is C13H10N7O4-. The van der Waals surface area contributed by atoms with Crippen molar-refractivity contribution in [2.75, 3.05) is 7.11 Å². The molecule has 0 fully saturated rings. The maximum Gasteiger partial charge on any atom is 0.284 e. The van der Waals surface area contributed by atoms with Crippen LogP contribution in [0.5, 0.6) is 5.75 Å². The standard InChI is InChI=1S/C13H10N7O4/c1-23-8-2-4-10(11(6-8)20(21)22)12-5-3-9(24-12)7-14-15-13-16-18-19-17-13/h2-7H,1H3,(H-,15,16,17,18,19)/q-1/b14-7-. The van der Waals surface area contributed by atoms with Gasteiger partial charge in [0.05, 0.1) is 35.8 Å². The Labute approximate surface area is 134 Å². The van der Waals surface area contributed by atoms with Gasteiger partial charge in [-0.05, 0) is 24.3 Å². The van der Waals surface area contributed by atoms with Crippen molar-refractivity contribution in [2.24, 2.45) is 5.10 Å². The lowest BCUT2D eigenvalue weighted by Crippen LogP contribution is -1.93. The molecule has 2 aromatic heterocycles. The second kappa shape index (κ2) is 6.56. The van der Waals surface area contributed by atoms with Crippen LogP contribution in [0.15, 0.2) is 39.9 Å². The number of nitro groups is 1. The predicted molar refractivity (Wildman–Crippen MR) is 82.1 cm³/mol. The molecule has 0 aliphatic heterocycles. The number of methoxy groups -OCH3 is 1. The van der Waals surface area contributed by atoms with E-state index in [1.165, 1.54) is 19.4 Å². The largest absolute Gasteiger partial charge is 0.497 e. The van der Waals surface area contributed by atoms with Crippen molar-refractivity contribution in [1.29, 1.82) is 0 Å². The SMILES string of the molecule is COc1ccc(-c2ccc(/C=N\[N-]c3nn[nH]n3)o2)c([N+](=O)[O-])c1. The van der Waals surface area contributed by atoms with Gasteiger partial charge in [0, 0.05) is 0 Å². The zero-order valence-electron chi connectivity index (χ0n) is 12.3. The van der Waals surface area contributed by atoms with Crippen LogP contribution in [0.2, 0.25) is 0 Å². The lowest BCUT2D eigenvalue weighted by atomic mass is 10.1. The van der Waals surface area contributed by atoms with E-state index in [2.05, 4.69) is 31.2 Å². The zero-order valence-corrected chi connectivity index (χ0v) is 12.3. The second-order valence-corrected chi connectivity index (χ2v) is 4.40. The molecule has 3 rings (SSSR count). The Morgan fingerprint density at radius 1 is 1.42 bits per heavy atom. The highest BCUT2D eigenvalue weighted by atomic mass is 16.6. The number of furan rings is 1. The topological polar surface area (TPSA) is 146 Å². The second-order valence-electron chi connectivity index (χ2n) is 4.40. The quantitative estimate of drug-likeness (QED) is 0.415. The average Bonchev–Trinajstić information content (AvgIpc) is 3.26. The fourth-order valence-corrected chi connectivity index (χ4v) is 1.90. The lowest BCUT2D eigenvalue weighted by Gasteiger charge is -2.03. The number of hydrogen-bond donors (Lipinski definition) is 1. The van der Waals surface area contributed by atoms with Crippen molar-refractivity contribution in [3.05, 3.63) is 51.6 Å². The third kappa shape index (κ3) is 3.19. The molecule has 0 saturated heterocycles. The summed E-state index contributed by atoms with van der Waals surface area (Å²) in [6, 6.07) is 7.71. The van der Waals surface area contributed by atoms with Crippen molar-refractivity contribution in [3.63, 3.8) is 0 Å². The van der Waals surface area contributed by atoms with Crippen LogP contribution in [-0.2, 0) is 0 Å². The smallest absolute Gasteiger partial charge is 0.284 e. The first kappa shape index (κ1) is 15.1. The van der Waals surface area contributed by atoms with Gasteiger partial charge in [0.1, 0.15) is 17.3 Å². The molecule has 0 unspecified atom stereocenters. The predicted octanol–water partition coefficient (Wildman–Crippen LogP) is 2.42. The van der Waals surface area contributed by atoms with Gasteiger partial charge in [-0.15, -0.1) is 5.21 Å². The number of hydrogen-bond acceptors (Lipinski definition) is 8. The third-order valence-electron chi connectivity index (χ3n) is 2.96. The normalized spacial score (nSPS) is 10.9. The van der Waals surface area contributed by atoms with Crippen molar-refractivity contribution < 1.29 is 14.1 Å². The summed E-state index contributed by atoms with van der Waals surface area (Å²) in [6.45, 7) is 0. The first-order chi connectivity index (χ1) is 11.7. The van der Waals surface area contributed by atoms with E-state index >= 15 is 0 Å². The summed E-state index contributed by atoms with van der Waals surface area (Å²) in [5, 5.41) is 27.7. The molecule has 0 aliphatic carbocycles. The fraction of sp³-hybridized carbons (Fsp3) is 0.0769. The molecule has 0 saturated carbocycles. The Bertz CT molecular complexity index is 872. The number of rotatable bonds is 6. The van der Waals surface area contributed by atoms with Crippen LogP contribution >= 0.6 is 0 Å². The van der Waals surface area contributed by atoms with Crippen LogP contribution in [0.4, 0.5) is 11.6 Å². The van der Waals surface area contributed by atoms with E-state index in [0.717, 1.165) is 0 Å². The van der Waals surface area contributed by atoms with Crippen LogP contribution in [-0.4, -0.2) is 38.9 Å². The van der Waals surface area contributed by atoms with Gasteiger partial charge in [-0.2, -0.15) is 0 Å². The lowest BCUT2D eigenvalue weighted by molar-refractivity contribution is -0.384. The molecule has 0 radical (unpaired) electrons. The van der Waals surface area contributed by atoms with E-state index in [-0.39, 0.29) is 11.6 Å². The number of nitro benzene ring substituents is 1. The zero-order chi connectivity index (χ0) is 16.9. The Kier molecular flexibility index (Phi) is 4.14. The van der Waals surface area contributed by atoms with Crippen LogP contribution in [0.3, 0.4) is 0 Å². The maximum atomic E-state index is 11.2. The highest BCUT2D eigenvalue weighted by Gasteiger charge is 2.19. The fourth-order valence-electron chi connectivity index (χ4n) is 1.90. The van der Waals surface area contributed by atoms with Crippen molar-refractivity contribution in [3.8, 4) is 17.1 Å². The molecule has 0 spiro atoms. The van der Waals surface area contributed by atoms with Crippen LogP contribution in [0.25, 0.3) is 16.7 Å². The highest BCUT2D eigenvalue weighted by molar-refractivity contribution is 5.79. The van der Waals surface area contributed by atoms with Gasteiger partial charge in [0.25, 0.3) is 5.69 Å². The molecular weight excluding hydrogens is 318 g/mol. The Morgan fingerprint density at radius 3 is 3.00 bits per heavy atom. The van der Waals surface area contributed by atoms with Crippen LogP contribution < -0.4 is 4.74 Å². The number of aromatic amines is 1. The molecule has 11 nitrogen and oxygen atoms in total. The molecule has 0 bridgehead atoms. The number of nitrogens with zero attached hydrogens (tertiary/aromatic N) is 6. The van der Waals surface area contributed by atoms with Crippen molar-refractivity contribution in [2.45, 2.75) is 0 Å². The summed E-state index contributed by atoms with van der Waals surface area (Å²) >= 11 is 0. The molecule has 1 aromatic carbocycles. The van der Waals surface area contributed by atoms with Crippen molar-refractivity contribution >= 4 is 17.9 Å². The number of ether oxygens (including phenoxy) is 1. The first-order valence-corrected chi connectivity index (χ1v) is 6.57. The minimum atomic E-state index is -0.500. The number of nitrogens with one attached hydrogen (secondary N) is 1. The minimum Gasteiger partial charge on any atom is -0.497 e. The summed E-state index contributed by atoms with van der Waals surface area (Å²) in [6.07, 6.45) is 1.33. The summed E-state index contributed by atoms with van der Waals surface area (Å²) in [5.74, 6) is 1.15. The Balaban J connectivity index is 1.82. The summed E-state index contributed by atoms with van der Waals surface area (Å²) in [5.41, 5.74) is 3.89. The molecule has 1 N–H and O–H groups in total. The first-order valence-electron chi connectivity index (χ1n) is 6.57.